The molecule has 3 rings (SSSR count). The molecule has 0 bridgehead atoms. The minimum Gasteiger partial charge on any atom is -0.507 e. The highest BCUT2D eigenvalue weighted by Crippen LogP contribution is 2.39. The van der Waals surface area contributed by atoms with Crippen molar-refractivity contribution in [1.29, 1.82) is 5.26 Å². The van der Waals surface area contributed by atoms with Gasteiger partial charge in [-0.3, -0.25) is 15.1 Å². The summed E-state index contributed by atoms with van der Waals surface area (Å²) in [5.41, 5.74) is 1.98. The van der Waals surface area contributed by atoms with Crippen LogP contribution in [0.4, 0.5) is 0 Å². The average Bonchev–Trinajstić information content (AvgIpc) is 2.80. The number of aliphatic imine (C=N–C) groups is 1. The van der Waals surface area contributed by atoms with Gasteiger partial charge in [-0.15, -0.1) is 0 Å². The lowest BCUT2D eigenvalue weighted by molar-refractivity contribution is 0.0932. The number of hydrogen-bond acceptors (Lipinski definition) is 4. The number of guanidine groups is 1. The number of carbonyl (C=O) groups is 1. The molecule has 0 spiro atoms. The largest absolute Gasteiger partial charge is 0.507 e. The second-order valence-corrected chi connectivity index (χ2v) is 8.03. The van der Waals surface area contributed by atoms with Crippen LogP contribution in [0.3, 0.4) is 0 Å². The van der Waals surface area contributed by atoms with Crippen LogP contribution >= 0.6 is 0 Å². The summed E-state index contributed by atoms with van der Waals surface area (Å²) >= 11 is 0. The molecular formula is C24H29N5O2. The molecular weight excluding hydrogens is 390 g/mol. The van der Waals surface area contributed by atoms with Gasteiger partial charge in [-0.1, -0.05) is 42.5 Å². The molecule has 0 aliphatic heterocycles. The molecule has 31 heavy (non-hydrogen) atoms. The molecule has 0 saturated heterocycles. The van der Waals surface area contributed by atoms with E-state index in [1.807, 2.05) is 24.4 Å². The van der Waals surface area contributed by atoms with Crippen LogP contribution in [0.2, 0.25) is 0 Å². The third-order valence-corrected chi connectivity index (χ3v) is 6.14. The topological polar surface area (TPSA) is 110 Å². The number of para-hydroxylation sites is 1. The molecule has 1 fully saturated rings. The third kappa shape index (κ3) is 5.15. The minimum atomic E-state index is -0.268. The lowest BCUT2D eigenvalue weighted by Gasteiger charge is -2.41. The molecule has 1 aliphatic rings. The third-order valence-electron chi connectivity index (χ3n) is 6.14. The zero-order chi connectivity index (χ0) is 22.3. The molecule has 2 aromatic carbocycles. The smallest absolute Gasteiger partial charge is 0.255 e. The van der Waals surface area contributed by atoms with E-state index in [0.29, 0.717) is 23.6 Å². The Morgan fingerprint density at radius 3 is 2.55 bits per heavy atom. The Morgan fingerprint density at radius 1 is 1.19 bits per heavy atom. The minimum absolute atomic E-state index is 0.0260. The van der Waals surface area contributed by atoms with Gasteiger partial charge in [0.05, 0.1) is 5.56 Å². The van der Waals surface area contributed by atoms with Gasteiger partial charge in [0.1, 0.15) is 5.75 Å². The summed E-state index contributed by atoms with van der Waals surface area (Å²) < 4.78 is 0. The highest BCUT2D eigenvalue weighted by molar-refractivity contribution is 5.97. The predicted molar refractivity (Wildman–Crippen MR) is 121 cm³/mol. The van der Waals surface area contributed by atoms with Gasteiger partial charge in [-0.05, 0) is 49.8 Å². The summed E-state index contributed by atoms with van der Waals surface area (Å²) in [6.07, 6.45) is 5.41. The van der Waals surface area contributed by atoms with E-state index in [0.717, 1.165) is 25.7 Å². The second kappa shape index (κ2) is 9.98. The van der Waals surface area contributed by atoms with E-state index >= 15 is 0 Å². The van der Waals surface area contributed by atoms with E-state index in [4.69, 9.17) is 5.26 Å². The van der Waals surface area contributed by atoms with Crippen molar-refractivity contribution >= 4 is 11.9 Å². The maximum absolute atomic E-state index is 12.8. The fourth-order valence-electron chi connectivity index (χ4n) is 4.26. The van der Waals surface area contributed by atoms with E-state index in [1.54, 1.807) is 32.2 Å². The van der Waals surface area contributed by atoms with Crippen molar-refractivity contribution in [3.8, 4) is 11.9 Å². The van der Waals surface area contributed by atoms with Crippen molar-refractivity contribution in [2.24, 2.45) is 4.99 Å². The quantitative estimate of drug-likeness (QED) is 0.258. The fraction of sp³-hybridized carbons (Fsp3) is 0.375. The van der Waals surface area contributed by atoms with Crippen molar-refractivity contribution in [2.75, 3.05) is 13.6 Å². The number of benzene rings is 2. The van der Waals surface area contributed by atoms with Gasteiger partial charge < -0.3 is 15.7 Å². The summed E-state index contributed by atoms with van der Waals surface area (Å²) in [6.45, 7) is 2.27. The Balaban J connectivity index is 1.74. The van der Waals surface area contributed by atoms with Gasteiger partial charge in [0.2, 0.25) is 5.96 Å². The number of phenols is 1. The van der Waals surface area contributed by atoms with Crippen LogP contribution in [0.1, 0.15) is 47.2 Å². The van der Waals surface area contributed by atoms with E-state index in [-0.39, 0.29) is 23.1 Å². The second-order valence-electron chi connectivity index (χ2n) is 8.03. The number of carbonyl (C=O) groups excluding carboxylic acids is 1. The molecule has 162 valence electrons. The Labute approximate surface area is 183 Å². The highest BCUT2D eigenvalue weighted by atomic mass is 16.3. The number of rotatable bonds is 5. The number of nitriles is 1. The molecule has 1 amide bonds. The number of nitrogens with one attached hydrogen (secondary N) is 3. The number of aryl methyl sites for hydroxylation is 1. The summed E-state index contributed by atoms with van der Waals surface area (Å²) in [5.74, 6) is 0.233. The number of aromatic hydroxyl groups is 1. The number of phenolic OH excluding ortho intramolecular Hbond substituents is 1. The predicted octanol–water partition coefficient (Wildman–Crippen LogP) is 2.96. The Morgan fingerprint density at radius 2 is 1.90 bits per heavy atom. The maximum Gasteiger partial charge on any atom is 0.255 e. The average molecular weight is 420 g/mol. The SMILES string of the molecule is CN=C(NC#N)NC1CCC(CNC(=O)c2cccc(C)c2O)(c2ccccc2)CC1. The van der Waals surface area contributed by atoms with Crippen LogP contribution in [0.5, 0.6) is 5.75 Å². The van der Waals surface area contributed by atoms with Gasteiger partial charge in [0, 0.05) is 25.0 Å². The summed E-state index contributed by atoms with van der Waals surface area (Å²) in [6, 6.07) is 15.7. The van der Waals surface area contributed by atoms with E-state index in [1.165, 1.54) is 5.56 Å². The van der Waals surface area contributed by atoms with Crippen molar-refractivity contribution in [3.05, 3.63) is 65.2 Å². The normalized spacial score (nSPS) is 21.1. The highest BCUT2D eigenvalue weighted by Gasteiger charge is 2.37. The standard InChI is InChI=1S/C24H29N5O2/c1-17-7-6-10-20(21(17)30)22(31)27-15-24(18-8-4-3-5-9-18)13-11-19(12-14-24)29-23(26-2)28-16-25/h3-10,19,30H,11-15H2,1-2H3,(H,27,31)(H2,26,28,29). The molecule has 1 saturated carbocycles. The van der Waals surface area contributed by atoms with Gasteiger partial charge >= 0.3 is 0 Å². The molecule has 7 nitrogen and oxygen atoms in total. The van der Waals surface area contributed by atoms with Crippen LogP contribution in [-0.4, -0.2) is 36.6 Å². The first kappa shape index (κ1) is 22.2. The lowest BCUT2D eigenvalue weighted by atomic mass is 9.68. The first-order valence-corrected chi connectivity index (χ1v) is 10.5. The first-order valence-electron chi connectivity index (χ1n) is 10.5. The maximum atomic E-state index is 12.8. The van der Waals surface area contributed by atoms with Gasteiger partial charge in [0.25, 0.3) is 5.91 Å². The monoisotopic (exact) mass is 419 g/mol. The van der Waals surface area contributed by atoms with Crippen LogP contribution in [-0.2, 0) is 5.41 Å². The molecule has 0 atom stereocenters. The van der Waals surface area contributed by atoms with Crippen molar-refractivity contribution in [1.82, 2.24) is 16.0 Å². The van der Waals surface area contributed by atoms with Crippen molar-refractivity contribution in [2.45, 2.75) is 44.1 Å². The van der Waals surface area contributed by atoms with Crippen molar-refractivity contribution in [3.63, 3.8) is 0 Å². The van der Waals surface area contributed by atoms with Crippen molar-refractivity contribution < 1.29 is 9.90 Å². The number of nitrogens with zero attached hydrogens (tertiary/aromatic N) is 2. The van der Waals surface area contributed by atoms with Crippen LogP contribution in [0.25, 0.3) is 0 Å². The molecule has 0 radical (unpaired) electrons. The molecule has 0 aromatic heterocycles. The molecule has 4 N–H and O–H groups in total. The van der Waals surface area contributed by atoms with E-state index < -0.39 is 0 Å². The van der Waals surface area contributed by atoms with E-state index in [9.17, 15) is 9.90 Å². The molecule has 7 heteroatoms. The lowest BCUT2D eigenvalue weighted by Crippen LogP contribution is -2.49. The van der Waals surface area contributed by atoms with Gasteiger partial charge in [0.15, 0.2) is 6.19 Å². The number of amides is 1. The first-order chi connectivity index (χ1) is 15.0. The number of hydrogen-bond donors (Lipinski definition) is 4. The molecule has 2 aromatic rings. The zero-order valence-corrected chi connectivity index (χ0v) is 18.0. The Bertz CT molecular complexity index is 973. The van der Waals surface area contributed by atoms with Crippen LogP contribution in [0.15, 0.2) is 53.5 Å². The van der Waals surface area contributed by atoms with Gasteiger partial charge in [-0.2, -0.15) is 5.26 Å². The molecule has 0 heterocycles. The summed E-state index contributed by atoms with van der Waals surface area (Å²) in [5, 5.41) is 28.0. The van der Waals surface area contributed by atoms with E-state index in [2.05, 4.69) is 33.1 Å². The zero-order valence-electron chi connectivity index (χ0n) is 18.0. The van der Waals surface area contributed by atoms with Crippen LogP contribution in [0, 0.1) is 18.4 Å². The summed E-state index contributed by atoms with van der Waals surface area (Å²) in [4.78, 5) is 16.9. The van der Waals surface area contributed by atoms with Crippen LogP contribution < -0.4 is 16.0 Å². The molecule has 1 aliphatic carbocycles. The Hall–Kier alpha value is -3.53. The fourth-order valence-corrected chi connectivity index (χ4v) is 4.26. The van der Waals surface area contributed by atoms with Gasteiger partial charge in [-0.25, -0.2) is 0 Å². The Kier molecular flexibility index (Phi) is 7.14. The summed E-state index contributed by atoms with van der Waals surface area (Å²) in [7, 11) is 1.64. The molecule has 0 unspecified atom stereocenters.